The van der Waals surface area contributed by atoms with E-state index in [9.17, 15) is 0 Å². The molecule has 0 heteroatoms. The lowest BCUT2D eigenvalue weighted by Crippen LogP contribution is -1.72. The minimum absolute atomic E-state index is 0.914. The van der Waals surface area contributed by atoms with Crippen LogP contribution in [0.2, 0.25) is 0 Å². The van der Waals surface area contributed by atoms with Crippen molar-refractivity contribution in [2.45, 2.75) is 0 Å². The van der Waals surface area contributed by atoms with Crippen LogP contribution in [0.4, 0.5) is 0 Å². The molecule has 0 amide bonds. The van der Waals surface area contributed by atoms with Gasteiger partial charge in [0.1, 0.15) is 0 Å². The van der Waals surface area contributed by atoms with Crippen LogP contribution in [0.5, 0.6) is 0 Å². The Hall–Kier alpha value is -6.44. The van der Waals surface area contributed by atoms with Crippen molar-refractivity contribution in [2.24, 2.45) is 0 Å². The second-order valence-electron chi connectivity index (χ2n) is 10.5. The summed E-state index contributed by atoms with van der Waals surface area (Å²) in [6.45, 7) is 0. The van der Waals surface area contributed by atoms with Gasteiger partial charge in [-0.25, -0.2) is 0 Å². The lowest BCUT2D eigenvalue weighted by atomic mass is 10.1. The van der Waals surface area contributed by atoms with Gasteiger partial charge in [0.05, 0.1) is 0 Å². The van der Waals surface area contributed by atoms with Crippen LogP contribution in [-0.4, -0.2) is 0 Å². The third-order valence-corrected chi connectivity index (χ3v) is 7.25. The van der Waals surface area contributed by atoms with Gasteiger partial charge in [0.2, 0.25) is 0 Å². The molecule has 12 bridgehead atoms. The summed E-state index contributed by atoms with van der Waals surface area (Å²) in [6, 6.07) is 76.0. The van der Waals surface area contributed by atoms with Crippen molar-refractivity contribution in [3.8, 4) is 0 Å². The molecule has 0 aliphatic carbocycles. The van der Waals surface area contributed by atoms with Crippen molar-refractivity contribution in [3.05, 3.63) is 194 Å². The van der Waals surface area contributed by atoms with Gasteiger partial charge in [-0.3, -0.25) is 0 Å². The molecule has 0 aliphatic rings. The second kappa shape index (κ2) is 12.2. The second-order valence-corrected chi connectivity index (χ2v) is 10.5. The van der Waals surface area contributed by atoms with E-state index in [1.165, 1.54) is 0 Å². The van der Waals surface area contributed by atoms with Crippen LogP contribution in [0, 0.1) is 48.5 Å². The van der Waals surface area contributed by atoms with Crippen LogP contribution < -0.4 is 0 Å². The largest absolute Gasteiger partial charge is 0.0616 e. The van der Waals surface area contributed by atoms with Crippen LogP contribution in [0.1, 0.15) is 0 Å². The molecule has 7 rings (SSSR count). The molecule has 0 saturated carbocycles. The van der Waals surface area contributed by atoms with Crippen LogP contribution >= 0.6 is 0 Å². The molecule has 7 aromatic carbocycles. The quantitative estimate of drug-likeness (QED) is 0.176. The Labute approximate surface area is 258 Å². The Morgan fingerprint density at radius 2 is 0.409 bits per heavy atom. The Bertz CT molecular complexity index is 2230. The van der Waals surface area contributed by atoms with Gasteiger partial charge in [-0.15, -0.1) is 0 Å². The van der Waals surface area contributed by atoms with Gasteiger partial charge in [0.15, 0.2) is 0 Å². The summed E-state index contributed by atoms with van der Waals surface area (Å²) < 4.78 is 0. The molecule has 0 aromatic heterocycles. The topological polar surface area (TPSA) is 0 Å². The Balaban J connectivity index is 1.48. The average Bonchev–Trinajstić information content (AvgIpc) is 3.09. The summed E-state index contributed by atoms with van der Waals surface area (Å²) in [4.78, 5) is 0. The highest BCUT2D eigenvalue weighted by Crippen LogP contribution is 2.19. The van der Waals surface area contributed by atoms with Gasteiger partial charge >= 0.3 is 0 Å². The lowest BCUT2D eigenvalue weighted by molar-refractivity contribution is 1.78. The van der Waals surface area contributed by atoms with E-state index in [0.29, 0.717) is 0 Å². The fourth-order valence-corrected chi connectivity index (χ4v) is 5.03. The predicted octanol–water partition coefficient (Wildman–Crippen LogP) is 10.9. The molecular weight excluding hydrogens is 528 g/mol. The first-order chi connectivity index (χ1) is 21.7. The number of hydrogen-bond acceptors (Lipinski definition) is 0. The number of rotatable bonds is 0. The van der Waals surface area contributed by atoms with E-state index in [2.05, 4.69) is 109 Å². The third kappa shape index (κ3) is 6.38. The summed E-state index contributed by atoms with van der Waals surface area (Å²) in [5.41, 5.74) is 0. The van der Waals surface area contributed by atoms with Crippen molar-refractivity contribution in [2.75, 3.05) is 0 Å². The third-order valence-electron chi connectivity index (χ3n) is 7.25. The molecule has 0 unspecified atom stereocenters. The first-order valence-corrected chi connectivity index (χ1v) is 14.4. The van der Waals surface area contributed by atoms with Crippen molar-refractivity contribution in [3.63, 3.8) is 0 Å². The van der Waals surface area contributed by atoms with Crippen molar-refractivity contribution < 1.29 is 0 Å². The van der Waals surface area contributed by atoms with E-state index in [0.717, 1.165) is 64.6 Å². The summed E-state index contributed by atoms with van der Waals surface area (Å²) in [5.74, 6) is 0. The number of fused-ring (bicyclic) bond motifs is 14. The molecule has 7 aromatic rings. The van der Waals surface area contributed by atoms with Crippen molar-refractivity contribution in [1.82, 2.24) is 0 Å². The average molecular weight is 553 g/mol. The molecule has 0 spiro atoms. The summed E-state index contributed by atoms with van der Waals surface area (Å²) in [7, 11) is 0. The highest BCUT2D eigenvalue weighted by atomic mass is 14.0. The predicted molar refractivity (Wildman–Crippen MR) is 184 cm³/mol. The minimum atomic E-state index is 0.914. The summed E-state index contributed by atoms with van der Waals surface area (Å²) in [6.07, 6.45) is 0. The molecule has 0 aliphatic heterocycles. The first kappa shape index (κ1) is 26.5. The molecule has 0 heterocycles. The number of hydrogen-bond donors (Lipinski definition) is 0. The normalized spacial score (nSPS) is 10.0. The van der Waals surface area contributed by atoms with Gasteiger partial charge in [-0.1, -0.05) is 109 Å². The molecular formula is C44H24. The molecule has 0 radical (unpaired) electrons. The molecule has 0 N–H and O–H groups in total. The van der Waals surface area contributed by atoms with E-state index in [1.54, 1.807) is 0 Å². The van der Waals surface area contributed by atoms with E-state index in [1.807, 2.05) is 84.9 Å². The highest BCUT2D eigenvalue weighted by Gasteiger charge is 1.94. The molecule has 0 atom stereocenters. The van der Waals surface area contributed by atoms with Crippen molar-refractivity contribution >= 4 is 64.6 Å². The standard InChI is InChI=1S/C44H24/c1-7-33-19-21-35-9-2-11-37(28-35)23-25-39-13-4-15-41(30-39)43-17-6-18-44(32-43)42-16-5-14-40(31-42)26-24-38-12-3-10-36(29-38)22-20-34(8-1)27-33/h1-18,27-32H. The van der Waals surface area contributed by atoms with Crippen molar-refractivity contribution in [1.29, 1.82) is 0 Å². The minimum Gasteiger partial charge on any atom is -0.0616 e. The number of benzene rings is 6. The maximum Gasteiger partial charge on any atom is 0.0261 e. The van der Waals surface area contributed by atoms with Gasteiger partial charge < -0.3 is 0 Å². The van der Waals surface area contributed by atoms with Crippen LogP contribution in [0.25, 0.3) is 64.6 Å². The zero-order chi connectivity index (χ0) is 29.6. The molecule has 0 saturated heterocycles. The van der Waals surface area contributed by atoms with Crippen LogP contribution in [0.3, 0.4) is 0 Å². The zero-order valence-electron chi connectivity index (χ0n) is 23.9. The fraction of sp³-hybridized carbons (Fsp3) is 0. The SMILES string of the molecule is c1c2cccc(c#cc3cccc(c#cc4cccc(c4)c4cccc(c4)c4cccc(c#cc5cccc(c#1)c5)c4)c3)c2. The molecule has 44 heavy (non-hydrogen) atoms. The van der Waals surface area contributed by atoms with E-state index in [-0.39, 0.29) is 0 Å². The van der Waals surface area contributed by atoms with Crippen LogP contribution in [0.15, 0.2) is 146 Å². The fourth-order valence-electron chi connectivity index (χ4n) is 5.03. The van der Waals surface area contributed by atoms with Gasteiger partial charge in [-0.2, -0.15) is 0 Å². The Morgan fingerprint density at radius 1 is 0.205 bits per heavy atom. The maximum atomic E-state index is 3.35. The highest BCUT2D eigenvalue weighted by molar-refractivity contribution is 5.93. The van der Waals surface area contributed by atoms with Crippen LogP contribution in [-0.2, 0) is 0 Å². The molecule has 200 valence electrons. The Kier molecular flexibility index (Phi) is 7.34. The summed E-state index contributed by atoms with van der Waals surface area (Å²) >= 11 is 0. The van der Waals surface area contributed by atoms with E-state index in [4.69, 9.17) is 0 Å². The van der Waals surface area contributed by atoms with E-state index < -0.39 is 0 Å². The first-order valence-electron chi connectivity index (χ1n) is 14.4. The van der Waals surface area contributed by atoms with Gasteiger partial charge in [0, 0.05) is 43.1 Å². The van der Waals surface area contributed by atoms with E-state index >= 15 is 0 Å². The molecule has 0 nitrogen and oxygen atoms in total. The van der Waals surface area contributed by atoms with Gasteiger partial charge in [0.25, 0.3) is 0 Å². The Morgan fingerprint density at radius 3 is 0.705 bits per heavy atom. The molecule has 0 fully saturated rings. The lowest BCUT2D eigenvalue weighted by Gasteiger charge is -1.97. The summed E-state index contributed by atoms with van der Waals surface area (Å²) in [5, 5.41) is 12.0. The van der Waals surface area contributed by atoms with Gasteiger partial charge in [-0.05, 0) is 106 Å². The zero-order valence-corrected chi connectivity index (χ0v) is 23.9. The maximum absolute atomic E-state index is 3.35. The smallest absolute Gasteiger partial charge is 0.0261 e. The monoisotopic (exact) mass is 552 g/mol.